The van der Waals surface area contributed by atoms with E-state index in [1.165, 1.54) is 5.56 Å². The topological polar surface area (TPSA) is 58.6 Å². The molecule has 27 heavy (non-hydrogen) atoms. The molecular formula is C21H34N2O3S. The molecule has 6 heteroatoms. The highest BCUT2D eigenvalue weighted by Gasteiger charge is 2.40. The number of likely N-dealkylation sites (tertiary alicyclic amines) is 1. The summed E-state index contributed by atoms with van der Waals surface area (Å²) in [6.07, 6.45) is 2.00. The van der Waals surface area contributed by atoms with Crippen LogP contribution in [0.15, 0.2) is 30.3 Å². The molecule has 1 N–H and O–H groups in total. The average molecular weight is 395 g/mol. The summed E-state index contributed by atoms with van der Waals surface area (Å²) in [4.78, 5) is 14.1. The van der Waals surface area contributed by atoms with Crippen molar-refractivity contribution in [3.05, 3.63) is 35.9 Å². The van der Waals surface area contributed by atoms with Crippen molar-refractivity contribution >= 4 is 17.1 Å². The first-order chi connectivity index (χ1) is 12.4. The molecule has 0 aromatic heterocycles. The van der Waals surface area contributed by atoms with E-state index in [4.69, 9.17) is 4.74 Å². The number of hydrogen-bond donors (Lipinski definition) is 1. The maximum atomic E-state index is 12.8. The Bertz CT molecular complexity index is 654. The Balaban J connectivity index is 2.13. The zero-order valence-electron chi connectivity index (χ0n) is 17.5. The molecule has 1 heterocycles. The lowest BCUT2D eigenvalue weighted by Crippen LogP contribution is -2.58. The Morgan fingerprint density at radius 1 is 1.11 bits per heavy atom. The van der Waals surface area contributed by atoms with E-state index in [2.05, 4.69) is 16.9 Å². The Kier molecular flexibility index (Phi) is 6.74. The van der Waals surface area contributed by atoms with E-state index in [-0.39, 0.29) is 16.4 Å². The fourth-order valence-corrected chi connectivity index (χ4v) is 4.07. The van der Waals surface area contributed by atoms with Gasteiger partial charge in [0.25, 0.3) is 0 Å². The van der Waals surface area contributed by atoms with Gasteiger partial charge >= 0.3 is 6.09 Å². The first-order valence-corrected chi connectivity index (χ1v) is 10.8. The molecular weight excluding hydrogens is 360 g/mol. The van der Waals surface area contributed by atoms with Crippen molar-refractivity contribution in [2.45, 2.75) is 76.7 Å². The molecule has 1 aromatic rings. The van der Waals surface area contributed by atoms with Gasteiger partial charge < -0.3 is 9.64 Å². The molecule has 0 radical (unpaired) electrons. The molecule has 1 aliphatic rings. The maximum Gasteiger partial charge on any atom is 0.410 e. The van der Waals surface area contributed by atoms with Gasteiger partial charge in [-0.25, -0.2) is 13.7 Å². The highest BCUT2D eigenvalue weighted by atomic mass is 32.2. The number of benzene rings is 1. The fourth-order valence-electron chi connectivity index (χ4n) is 3.10. The number of carbonyl (C=O) groups is 1. The number of carbonyl (C=O) groups excluding carboxylic acids is 1. The number of hydrogen-bond acceptors (Lipinski definition) is 3. The van der Waals surface area contributed by atoms with E-state index in [0.29, 0.717) is 13.1 Å². The normalized spacial score (nSPS) is 18.8. The molecule has 1 fully saturated rings. The highest BCUT2D eigenvalue weighted by Crippen LogP contribution is 2.29. The van der Waals surface area contributed by atoms with Crippen LogP contribution in [0, 0.1) is 0 Å². The molecule has 1 unspecified atom stereocenters. The van der Waals surface area contributed by atoms with Crippen molar-refractivity contribution in [2.75, 3.05) is 13.1 Å². The van der Waals surface area contributed by atoms with Gasteiger partial charge in [0.1, 0.15) is 5.60 Å². The van der Waals surface area contributed by atoms with Crippen LogP contribution in [0.3, 0.4) is 0 Å². The molecule has 1 amide bonds. The largest absolute Gasteiger partial charge is 0.444 e. The van der Waals surface area contributed by atoms with Crippen LogP contribution in [0.2, 0.25) is 0 Å². The summed E-state index contributed by atoms with van der Waals surface area (Å²) in [6.45, 7) is 12.7. The van der Waals surface area contributed by atoms with Gasteiger partial charge in [-0.15, -0.1) is 0 Å². The molecule has 1 atom stereocenters. The Morgan fingerprint density at radius 2 is 1.67 bits per heavy atom. The zero-order chi connectivity index (χ0) is 20.3. The van der Waals surface area contributed by atoms with Crippen molar-refractivity contribution in [3.8, 4) is 0 Å². The highest BCUT2D eigenvalue weighted by molar-refractivity contribution is 7.84. The molecule has 1 aliphatic heterocycles. The zero-order valence-corrected chi connectivity index (χ0v) is 18.3. The lowest BCUT2D eigenvalue weighted by molar-refractivity contribution is 0.0161. The summed E-state index contributed by atoms with van der Waals surface area (Å²) < 4.78 is 21.4. The SMILES string of the molecule is CC(C)(C)OC(=O)N1CCC(Cc2ccccc2)(NS(=O)C(C)(C)C)CC1. The van der Waals surface area contributed by atoms with Gasteiger partial charge in [-0.3, -0.25) is 0 Å². The monoisotopic (exact) mass is 394 g/mol. The number of ether oxygens (including phenoxy) is 1. The molecule has 2 rings (SSSR count). The summed E-state index contributed by atoms with van der Waals surface area (Å²) in [6, 6.07) is 10.3. The third kappa shape index (κ3) is 6.61. The van der Waals surface area contributed by atoms with E-state index in [1.807, 2.05) is 59.7 Å². The third-order valence-corrected chi connectivity index (χ3v) is 6.35. The second kappa shape index (κ2) is 8.31. The summed E-state index contributed by atoms with van der Waals surface area (Å²) in [5.74, 6) is 0. The Morgan fingerprint density at radius 3 is 2.15 bits per heavy atom. The van der Waals surface area contributed by atoms with Crippen molar-refractivity contribution in [3.63, 3.8) is 0 Å². The number of amides is 1. The van der Waals surface area contributed by atoms with E-state index >= 15 is 0 Å². The number of piperidine rings is 1. The van der Waals surface area contributed by atoms with E-state index in [1.54, 1.807) is 4.90 Å². The van der Waals surface area contributed by atoms with Crippen molar-refractivity contribution in [2.24, 2.45) is 0 Å². The third-order valence-electron chi connectivity index (χ3n) is 4.62. The summed E-state index contributed by atoms with van der Waals surface area (Å²) in [7, 11) is -1.17. The molecule has 1 saturated heterocycles. The van der Waals surface area contributed by atoms with Crippen molar-refractivity contribution in [1.82, 2.24) is 9.62 Å². The minimum absolute atomic E-state index is 0.271. The lowest BCUT2D eigenvalue weighted by atomic mass is 9.83. The minimum atomic E-state index is -1.17. The van der Waals surface area contributed by atoms with Gasteiger partial charge in [0.2, 0.25) is 0 Å². The van der Waals surface area contributed by atoms with Gasteiger partial charge in [0, 0.05) is 18.6 Å². The second-order valence-electron chi connectivity index (χ2n) is 9.39. The Hall–Kier alpha value is -1.40. The van der Waals surface area contributed by atoms with Gasteiger partial charge in [0.05, 0.1) is 15.7 Å². The van der Waals surface area contributed by atoms with Crippen molar-refractivity contribution in [1.29, 1.82) is 0 Å². The van der Waals surface area contributed by atoms with E-state index < -0.39 is 16.6 Å². The van der Waals surface area contributed by atoms with Crippen LogP contribution in [0.25, 0.3) is 0 Å². The van der Waals surface area contributed by atoms with Crippen LogP contribution in [0.4, 0.5) is 4.79 Å². The predicted molar refractivity (Wildman–Crippen MR) is 111 cm³/mol. The van der Waals surface area contributed by atoms with Crippen LogP contribution >= 0.6 is 0 Å². The molecule has 0 aliphatic carbocycles. The van der Waals surface area contributed by atoms with Gasteiger partial charge in [0.15, 0.2) is 0 Å². The fraction of sp³-hybridized carbons (Fsp3) is 0.667. The minimum Gasteiger partial charge on any atom is -0.444 e. The van der Waals surface area contributed by atoms with Gasteiger partial charge in [-0.05, 0) is 66.4 Å². The summed E-state index contributed by atoms with van der Waals surface area (Å²) in [5, 5.41) is 0. The number of nitrogens with one attached hydrogen (secondary N) is 1. The van der Waals surface area contributed by atoms with Crippen LogP contribution < -0.4 is 4.72 Å². The number of nitrogens with zero attached hydrogens (tertiary/aromatic N) is 1. The predicted octanol–water partition coefficient (Wildman–Crippen LogP) is 4.05. The quantitative estimate of drug-likeness (QED) is 0.838. The first-order valence-electron chi connectivity index (χ1n) is 9.62. The summed E-state index contributed by atoms with van der Waals surface area (Å²) in [5.41, 5.74) is 0.418. The van der Waals surface area contributed by atoms with Crippen molar-refractivity contribution < 1.29 is 13.7 Å². The second-order valence-corrected chi connectivity index (χ2v) is 11.4. The first kappa shape index (κ1) is 21.9. The molecule has 0 saturated carbocycles. The van der Waals surface area contributed by atoms with Crippen LogP contribution in [0.5, 0.6) is 0 Å². The van der Waals surface area contributed by atoms with Gasteiger partial charge in [-0.1, -0.05) is 30.3 Å². The lowest BCUT2D eigenvalue weighted by Gasteiger charge is -2.43. The molecule has 0 bridgehead atoms. The standard InChI is InChI=1S/C21H34N2O3S/c1-19(2,3)26-18(24)23-14-12-21(13-15-23,22-27(25)20(4,5)6)16-17-10-8-7-9-11-17/h7-11,22H,12-16H2,1-6H3. The van der Waals surface area contributed by atoms with Crippen LogP contribution in [-0.4, -0.2) is 44.2 Å². The molecule has 1 aromatic carbocycles. The Labute approximate surface area is 166 Å². The molecule has 152 valence electrons. The summed E-state index contributed by atoms with van der Waals surface area (Å²) >= 11 is 0. The molecule has 0 spiro atoms. The van der Waals surface area contributed by atoms with E-state index in [9.17, 15) is 9.00 Å². The number of rotatable bonds is 4. The van der Waals surface area contributed by atoms with Gasteiger partial charge in [-0.2, -0.15) is 0 Å². The average Bonchev–Trinajstić information content (AvgIpc) is 2.54. The van der Waals surface area contributed by atoms with E-state index in [0.717, 1.165) is 19.3 Å². The van der Waals surface area contributed by atoms with Crippen LogP contribution in [0.1, 0.15) is 59.9 Å². The maximum absolute atomic E-state index is 12.8. The van der Waals surface area contributed by atoms with Crippen LogP contribution in [-0.2, 0) is 22.1 Å². The molecule has 5 nitrogen and oxygen atoms in total. The smallest absolute Gasteiger partial charge is 0.410 e.